The van der Waals surface area contributed by atoms with E-state index in [1.54, 1.807) is 7.11 Å². The Morgan fingerprint density at radius 2 is 2.00 bits per heavy atom. The summed E-state index contributed by atoms with van der Waals surface area (Å²) in [6, 6.07) is 0. The summed E-state index contributed by atoms with van der Waals surface area (Å²) in [5, 5.41) is 13.0. The van der Waals surface area contributed by atoms with E-state index in [1.807, 2.05) is 0 Å². The number of likely N-dealkylation sites (tertiary alicyclic amines) is 1. The molecule has 0 aromatic rings. The van der Waals surface area contributed by atoms with E-state index < -0.39 is 0 Å². The molecule has 0 aromatic carbocycles. The van der Waals surface area contributed by atoms with Gasteiger partial charge in [0.2, 0.25) is 0 Å². The Labute approximate surface area is 130 Å². The molecule has 124 valence electrons. The molecule has 0 radical (unpaired) electrons. The number of aliphatic hydroxyl groups is 1. The Bertz CT molecular complexity index is 278. The smallest absolute Gasteiger partial charge is 0.0587 e. The van der Waals surface area contributed by atoms with Crippen LogP contribution >= 0.6 is 0 Å². The monoisotopic (exact) mass is 298 g/mol. The molecule has 1 aliphatic heterocycles. The van der Waals surface area contributed by atoms with Crippen molar-refractivity contribution in [3.8, 4) is 0 Å². The van der Waals surface area contributed by atoms with Gasteiger partial charge in [0.25, 0.3) is 0 Å². The Hall–Kier alpha value is -0.160. The van der Waals surface area contributed by atoms with Gasteiger partial charge in [0.05, 0.1) is 6.61 Å². The zero-order valence-corrected chi connectivity index (χ0v) is 13.8. The quantitative estimate of drug-likeness (QED) is 0.530. The zero-order chi connectivity index (χ0) is 15.0. The van der Waals surface area contributed by atoms with Crippen LogP contribution in [-0.4, -0.2) is 63.1 Å². The van der Waals surface area contributed by atoms with Gasteiger partial charge in [-0.05, 0) is 37.1 Å². The first-order valence-corrected chi connectivity index (χ1v) is 8.81. The van der Waals surface area contributed by atoms with Gasteiger partial charge in [-0.25, -0.2) is 0 Å². The van der Waals surface area contributed by atoms with Crippen LogP contribution in [0.4, 0.5) is 0 Å². The second kappa shape index (κ2) is 9.09. The van der Waals surface area contributed by atoms with Crippen LogP contribution in [0.5, 0.6) is 0 Å². The number of nitrogens with one attached hydrogen (secondary N) is 1. The molecular weight excluding hydrogens is 264 g/mol. The molecule has 2 fully saturated rings. The minimum Gasteiger partial charge on any atom is -0.396 e. The highest BCUT2D eigenvalue weighted by Crippen LogP contribution is 2.36. The van der Waals surface area contributed by atoms with E-state index in [0.29, 0.717) is 17.9 Å². The molecule has 1 saturated heterocycles. The molecule has 1 atom stereocenters. The van der Waals surface area contributed by atoms with Crippen molar-refractivity contribution in [2.75, 3.05) is 53.0 Å². The zero-order valence-electron chi connectivity index (χ0n) is 13.8. The lowest BCUT2D eigenvalue weighted by Gasteiger charge is -2.37. The van der Waals surface area contributed by atoms with E-state index >= 15 is 0 Å². The lowest BCUT2D eigenvalue weighted by Crippen LogP contribution is -2.44. The van der Waals surface area contributed by atoms with Crippen molar-refractivity contribution < 1.29 is 9.84 Å². The summed E-state index contributed by atoms with van der Waals surface area (Å²) in [7, 11) is 1.77. The number of methoxy groups -OCH3 is 1. The molecule has 1 heterocycles. The minimum atomic E-state index is 0.357. The number of rotatable bonds is 8. The molecule has 0 amide bonds. The highest BCUT2D eigenvalue weighted by molar-refractivity contribution is 4.89. The Morgan fingerprint density at radius 3 is 2.62 bits per heavy atom. The number of ether oxygens (including phenoxy) is 1. The van der Waals surface area contributed by atoms with Gasteiger partial charge >= 0.3 is 0 Å². The van der Waals surface area contributed by atoms with Crippen LogP contribution in [0.3, 0.4) is 0 Å². The highest BCUT2D eigenvalue weighted by Gasteiger charge is 2.34. The van der Waals surface area contributed by atoms with Crippen LogP contribution < -0.4 is 5.32 Å². The van der Waals surface area contributed by atoms with E-state index in [-0.39, 0.29) is 0 Å². The van der Waals surface area contributed by atoms with E-state index in [2.05, 4.69) is 10.2 Å². The third-order valence-electron chi connectivity index (χ3n) is 5.33. The van der Waals surface area contributed by atoms with Gasteiger partial charge < -0.3 is 20.1 Å². The summed E-state index contributed by atoms with van der Waals surface area (Å²) in [6.07, 6.45) is 9.44. The molecule has 2 N–H and O–H groups in total. The summed E-state index contributed by atoms with van der Waals surface area (Å²) >= 11 is 0. The van der Waals surface area contributed by atoms with E-state index in [0.717, 1.165) is 26.2 Å². The maximum Gasteiger partial charge on any atom is 0.0587 e. The summed E-state index contributed by atoms with van der Waals surface area (Å²) < 4.78 is 5.15. The molecule has 2 rings (SSSR count). The molecule has 2 aliphatic rings. The van der Waals surface area contributed by atoms with Gasteiger partial charge in [-0.3, -0.25) is 0 Å². The first-order chi connectivity index (χ1) is 10.3. The van der Waals surface area contributed by atoms with Crippen LogP contribution in [-0.2, 0) is 4.74 Å². The number of hydrogen-bond donors (Lipinski definition) is 2. The van der Waals surface area contributed by atoms with E-state index in [9.17, 15) is 5.11 Å². The van der Waals surface area contributed by atoms with E-state index in [4.69, 9.17) is 4.74 Å². The summed E-state index contributed by atoms with van der Waals surface area (Å²) in [5.74, 6) is 0.509. The van der Waals surface area contributed by atoms with Crippen molar-refractivity contribution >= 4 is 0 Å². The fourth-order valence-corrected chi connectivity index (χ4v) is 4.08. The van der Waals surface area contributed by atoms with Crippen molar-refractivity contribution in [1.29, 1.82) is 0 Å². The molecule has 1 saturated carbocycles. The van der Waals surface area contributed by atoms with Gasteiger partial charge in [0.1, 0.15) is 0 Å². The average molecular weight is 298 g/mol. The van der Waals surface area contributed by atoms with Crippen molar-refractivity contribution in [1.82, 2.24) is 10.2 Å². The van der Waals surface area contributed by atoms with Crippen molar-refractivity contribution in [3.05, 3.63) is 0 Å². The van der Waals surface area contributed by atoms with Crippen molar-refractivity contribution in [2.24, 2.45) is 11.3 Å². The summed E-state index contributed by atoms with van der Waals surface area (Å²) in [4.78, 5) is 2.60. The molecule has 0 bridgehead atoms. The van der Waals surface area contributed by atoms with Gasteiger partial charge in [-0.1, -0.05) is 25.7 Å². The molecule has 1 unspecified atom stereocenters. The van der Waals surface area contributed by atoms with Crippen molar-refractivity contribution in [2.45, 2.75) is 44.9 Å². The maximum absolute atomic E-state index is 9.35. The third-order valence-corrected chi connectivity index (χ3v) is 5.33. The molecule has 4 nitrogen and oxygen atoms in total. The number of nitrogens with zero attached hydrogens (tertiary/aromatic N) is 1. The molecule has 21 heavy (non-hydrogen) atoms. The van der Waals surface area contributed by atoms with Crippen LogP contribution in [0, 0.1) is 11.3 Å². The van der Waals surface area contributed by atoms with Crippen LogP contribution in [0.15, 0.2) is 0 Å². The minimum absolute atomic E-state index is 0.357. The normalized spacial score (nSPS) is 26.9. The van der Waals surface area contributed by atoms with E-state index in [1.165, 1.54) is 58.0 Å². The molecule has 4 heteroatoms. The standard InChI is InChI=1S/C17H34N2O2/c1-21-11-9-18-14-17(7-4-2-3-5-8-17)15-19-10-6-16(12-19)13-20/h16,18,20H,2-15H2,1H3. The molecule has 0 spiro atoms. The topological polar surface area (TPSA) is 44.7 Å². The largest absolute Gasteiger partial charge is 0.396 e. The summed E-state index contributed by atoms with van der Waals surface area (Å²) in [6.45, 7) is 6.71. The van der Waals surface area contributed by atoms with Gasteiger partial charge in [-0.15, -0.1) is 0 Å². The van der Waals surface area contributed by atoms with Gasteiger partial charge in [0, 0.05) is 39.9 Å². The van der Waals surface area contributed by atoms with Crippen LogP contribution in [0.2, 0.25) is 0 Å². The Balaban J connectivity index is 1.87. The van der Waals surface area contributed by atoms with Gasteiger partial charge in [0.15, 0.2) is 0 Å². The second-order valence-electron chi connectivity index (χ2n) is 7.16. The fraction of sp³-hybridized carbons (Fsp3) is 1.00. The average Bonchev–Trinajstić information content (AvgIpc) is 2.82. The lowest BCUT2D eigenvalue weighted by molar-refractivity contribution is 0.131. The first-order valence-electron chi connectivity index (χ1n) is 8.81. The highest BCUT2D eigenvalue weighted by atomic mass is 16.5. The van der Waals surface area contributed by atoms with Crippen LogP contribution in [0.25, 0.3) is 0 Å². The van der Waals surface area contributed by atoms with Gasteiger partial charge in [-0.2, -0.15) is 0 Å². The Morgan fingerprint density at radius 1 is 1.24 bits per heavy atom. The van der Waals surface area contributed by atoms with Crippen molar-refractivity contribution in [3.63, 3.8) is 0 Å². The lowest BCUT2D eigenvalue weighted by atomic mass is 9.79. The van der Waals surface area contributed by atoms with Crippen LogP contribution in [0.1, 0.15) is 44.9 Å². The predicted molar refractivity (Wildman–Crippen MR) is 86.5 cm³/mol. The molecular formula is C17H34N2O2. The number of aliphatic hydroxyl groups excluding tert-OH is 1. The fourth-order valence-electron chi connectivity index (χ4n) is 4.08. The SMILES string of the molecule is COCCNCC1(CN2CCC(CO)C2)CCCCCC1. The first kappa shape index (κ1) is 17.2. The molecule has 0 aromatic heterocycles. The predicted octanol–water partition coefficient (Wildman–Crippen LogP) is 1.88. The second-order valence-corrected chi connectivity index (χ2v) is 7.16. The third kappa shape index (κ3) is 5.51. The number of hydrogen-bond acceptors (Lipinski definition) is 4. The Kier molecular flexibility index (Phi) is 7.44. The maximum atomic E-state index is 9.35. The summed E-state index contributed by atoms with van der Waals surface area (Å²) in [5.41, 5.74) is 0.439. The molecule has 1 aliphatic carbocycles.